The van der Waals surface area contributed by atoms with Crippen molar-refractivity contribution in [2.75, 3.05) is 13.2 Å². The van der Waals surface area contributed by atoms with E-state index in [4.69, 9.17) is 5.11 Å². The lowest BCUT2D eigenvalue weighted by Gasteiger charge is -2.19. The van der Waals surface area contributed by atoms with Gasteiger partial charge in [0.05, 0.1) is 6.04 Å². The number of benzene rings is 1. The maximum absolute atomic E-state index is 11.8. The number of rotatable bonds is 7. The molecular weight excluding hydrogens is 240 g/mol. The molecule has 4 heteroatoms. The topological polar surface area (TPSA) is 61.4 Å². The van der Waals surface area contributed by atoms with Gasteiger partial charge < -0.3 is 15.7 Å². The number of hydrogen-bond donors (Lipinski definition) is 3. The summed E-state index contributed by atoms with van der Waals surface area (Å²) >= 11 is 0. The van der Waals surface area contributed by atoms with E-state index in [0.717, 1.165) is 18.5 Å². The first kappa shape index (κ1) is 13.9. The molecule has 1 aliphatic rings. The fourth-order valence-corrected chi connectivity index (χ4v) is 2.07. The number of urea groups is 1. The van der Waals surface area contributed by atoms with Gasteiger partial charge >= 0.3 is 6.03 Å². The van der Waals surface area contributed by atoms with Crippen LogP contribution in [0.5, 0.6) is 0 Å². The van der Waals surface area contributed by atoms with Crippen molar-refractivity contribution in [2.24, 2.45) is 5.92 Å². The minimum absolute atomic E-state index is 0.0347. The second-order valence-electron chi connectivity index (χ2n) is 5.13. The van der Waals surface area contributed by atoms with E-state index in [2.05, 4.69) is 10.6 Å². The maximum atomic E-state index is 11.8. The van der Waals surface area contributed by atoms with Crippen molar-refractivity contribution in [2.45, 2.75) is 31.7 Å². The van der Waals surface area contributed by atoms with Gasteiger partial charge in [0.15, 0.2) is 0 Å². The van der Waals surface area contributed by atoms with E-state index >= 15 is 0 Å². The van der Waals surface area contributed by atoms with Gasteiger partial charge in [-0.3, -0.25) is 0 Å². The molecule has 4 nitrogen and oxygen atoms in total. The Morgan fingerprint density at radius 1 is 1.32 bits per heavy atom. The number of hydrogen-bond acceptors (Lipinski definition) is 2. The van der Waals surface area contributed by atoms with Gasteiger partial charge in [-0.2, -0.15) is 0 Å². The molecule has 3 N–H and O–H groups in total. The maximum Gasteiger partial charge on any atom is 0.315 e. The van der Waals surface area contributed by atoms with E-state index < -0.39 is 0 Å². The fraction of sp³-hybridized carbons (Fsp3) is 0.533. The molecule has 1 atom stereocenters. The van der Waals surface area contributed by atoms with Crippen molar-refractivity contribution in [1.82, 2.24) is 10.6 Å². The normalized spacial score (nSPS) is 15.8. The van der Waals surface area contributed by atoms with Crippen LogP contribution in [0.25, 0.3) is 0 Å². The zero-order valence-corrected chi connectivity index (χ0v) is 11.1. The molecule has 2 amide bonds. The number of carbonyl (C=O) groups is 1. The van der Waals surface area contributed by atoms with Crippen LogP contribution in [0.1, 0.15) is 37.3 Å². The van der Waals surface area contributed by atoms with Crippen LogP contribution in [0, 0.1) is 5.92 Å². The molecule has 0 saturated heterocycles. The molecule has 19 heavy (non-hydrogen) atoms. The molecule has 0 heterocycles. The van der Waals surface area contributed by atoms with E-state index in [0.29, 0.717) is 12.3 Å². The third kappa shape index (κ3) is 4.91. The number of carbonyl (C=O) groups excluding carboxylic acids is 1. The summed E-state index contributed by atoms with van der Waals surface area (Å²) in [5.41, 5.74) is 1.08. The lowest BCUT2D eigenvalue weighted by atomic mass is 10.0. The molecule has 1 aliphatic carbocycles. The second kappa shape index (κ2) is 7.14. The predicted molar refractivity (Wildman–Crippen MR) is 74.8 cm³/mol. The van der Waals surface area contributed by atoms with E-state index in [1.165, 1.54) is 12.8 Å². The molecule has 1 saturated carbocycles. The van der Waals surface area contributed by atoms with Crippen LogP contribution < -0.4 is 10.6 Å². The van der Waals surface area contributed by atoms with Crippen molar-refractivity contribution >= 4 is 6.03 Å². The lowest BCUT2D eigenvalue weighted by Crippen LogP contribution is -2.39. The van der Waals surface area contributed by atoms with Gasteiger partial charge in [-0.1, -0.05) is 30.3 Å². The molecule has 0 spiro atoms. The van der Waals surface area contributed by atoms with Crippen LogP contribution in [0.4, 0.5) is 4.79 Å². The number of nitrogens with one attached hydrogen (secondary N) is 2. The highest BCUT2D eigenvalue weighted by molar-refractivity contribution is 5.74. The Hall–Kier alpha value is -1.55. The molecular formula is C15H22N2O2. The Balaban J connectivity index is 1.87. The van der Waals surface area contributed by atoms with Gasteiger partial charge in [0.1, 0.15) is 0 Å². The van der Waals surface area contributed by atoms with Crippen molar-refractivity contribution in [3.05, 3.63) is 35.9 Å². The van der Waals surface area contributed by atoms with Gasteiger partial charge in [-0.05, 0) is 37.2 Å². The second-order valence-corrected chi connectivity index (χ2v) is 5.13. The predicted octanol–water partition coefficient (Wildman–Crippen LogP) is 2.21. The first-order valence-corrected chi connectivity index (χ1v) is 6.99. The van der Waals surface area contributed by atoms with Crippen LogP contribution in [-0.4, -0.2) is 24.3 Å². The number of aliphatic hydroxyl groups excluding tert-OH is 1. The highest BCUT2D eigenvalue weighted by Crippen LogP contribution is 2.27. The molecule has 0 aliphatic heterocycles. The van der Waals surface area contributed by atoms with Crippen LogP contribution in [0.2, 0.25) is 0 Å². The van der Waals surface area contributed by atoms with Crippen molar-refractivity contribution in [1.29, 1.82) is 0 Å². The number of amides is 2. The molecule has 0 radical (unpaired) electrons. The van der Waals surface area contributed by atoms with Gasteiger partial charge in [-0.25, -0.2) is 4.79 Å². The SMILES string of the molecule is O=C(NCC1CC1)NC(CCCO)c1ccccc1. The molecule has 1 fully saturated rings. The summed E-state index contributed by atoms with van der Waals surface area (Å²) in [6, 6.07) is 9.74. The largest absolute Gasteiger partial charge is 0.396 e. The van der Waals surface area contributed by atoms with Crippen LogP contribution in [-0.2, 0) is 0 Å². The quantitative estimate of drug-likeness (QED) is 0.705. The first-order valence-electron chi connectivity index (χ1n) is 6.99. The minimum Gasteiger partial charge on any atom is -0.396 e. The molecule has 104 valence electrons. The molecule has 1 aromatic carbocycles. The average molecular weight is 262 g/mol. The summed E-state index contributed by atoms with van der Waals surface area (Å²) in [4.78, 5) is 11.8. The Labute approximate surface area is 114 Å². The highest BCUT2D eigenvalue weighted by Gasteiger charge is 2.22. The molecule has 1 unspecified atom stereocenters. The molecule has 1 aromatic rings. The molecule has 0 aromatic heterocycles. The van der Waals surface area contributed by atoms with E-state index in [9.17, 15) is 4.79 Å². The Morgan fingerprint density at radius 2 is 2.05 bits per heavy atom. The van der Waals surface area contributed by atoms with E-state index in [1.54, 1.807) is 0 Å². The summed E-state index contributed by atoms with van der Waals surface area (Å²) < 4.78 is 0. The Morgan fingerprint density at radius 3 is 2.68 bits per heavy atom. The number of aliphatic hydroxyl groups is 1. The average Bonchev–Trinajstić information content (AvgIpc) is 3.26. The van der Waals surface area contributed by atoms with Crippen LogP contribution >= 0.6 is 0 Å². The van der Waals surface area contributed by atoms with E-state index in [-0.39, 0.29) is 18.7 Å². The monoisotopic (exact) mass is 262 g/mol. The van der Waals surface area contributed by atoms with Crippen molar-refractivity contribution in [3.8, 4) is 0 Å². The summed E-state index contributed by atoms with van der Waals surface area (Å²) in [7, 11) is 0. The van der Waals surface area contributed by atoms with Gasteiger partial charge in [0.2, 0.25) is 0 Å². The lowest BCUT2D eigenvalue weighted by molar-refractivity contribution is 0.232. The molecule has 0 bridgehead atoms. The fourth-order valence-electron chi connectivity index (χ4n) is 2.07. The van der Waals surface area contributed by atoms with E-state index in [1.807, 2.05) is 30.3 Å². The third-order valence-corrected chi connectivity index (χ3v) is 3.41. The van der Waals surface area contributed by atoms with Crippen LogP contribution in [0.15, 0.2) is 30.3 Å². The van der Waals surface area contributed by atoms with Crippen molar-refractivity contribution < 1.29 is 9.90 Å². The molecule has 2 rings (SSSR count). The zero-order chi connectivity index (χ0) is 13.5. The standard InChI is InChI=1S/C15H22N2O2/c18-10-4-7-14(13-5-2-1-3-6-13)17-15(19)16-11-12-8-9-12/h1-3,5-6,12,14,18H,4,7-11H2,(H2,16,17,19). The summed E-state index contributed by atoms with van der Waals surface area (Å²) in [5.74, 6) is 0.679. The Bertz CT molecular complexity index is 390. The van der Waals surface area contributed by atoms with Gasteiger partial charge in [0, 0.05) is 13.2 Å². The van der Waals surface area contributed by atoms with Crippen LogP contribution in [0.3, 0.4) is 0 Å². The first-order chi connectivity index (χ1) is 9.29. The van der Waals surface area contributed by atoms with Gasteiger partial charge in [0.25, 0.3) is 0 Å². The van der Waals surface area contributed by atoms with Crippen molar-refractivity contribution in [3.63, 3.8) is 0 Å². The van der Waals surface area contributed by atoms with Gasteiger partial charge in [-0.15, -0.1) is 0 Å². The Kier molecular flexibility index (Phi) is 5.21. The summed E-state index contributed by atoms with van der Waals surface area (Å²) in [6.45, 7) is 0.919. The highest BCUT2D eigenvalue weighted by atomic mass is 16.3. The summed E-state index contributed by atoms with van der Waals surface area (Å²) in [5, 5.41) is 14.9. The smallest absolute Gasteiger partial charge is 0.315 e. The zero-order valence-electron chi connectivity index (χ0n) is 11.1. The minimum atomic E-state index is -0.112. The third-order valence-electron chi connectivity index (χ3n) is 3.41. The summed E-state index contributed by atoms with van der Waals surface area (Å²) in [6.07, 6.45) is 3.89.